The Hall–Kier alpha value is -1.01. The third-order valence-corrected chi connectivity index (χ3v) is 12.2. The van der Waals surface area contributed by atoms with E-state index in [2.05, 4.69) is 129 Å². The van der Waals surface area contributed by atoms with Gasteiger partial charge in [-0.15, -0.1) is 13.2 Å². The number of hydrogen-bond donors (Lipinski definition) is 0. The molecule has 0 spiro atoms. The molecule has 5 aliphatic rings. The molecule has 207 valence electrons. The summed E-state index contributed by atoms with van der Waals surface area (Å²) in [5, 5.41) is 0. The van der Waals surface area contributed by atoms with Crippen molar-refractivity contribution in [2.75, 3.05) is 0 Å². The number of benzene rings is 1. The van der Waals surface area contributed by atoms with Crippen molar-refractivity contribution in [2.45, 2.75) is 74.7 Å². The van der Waals surface area contributed by atoms with Crippen LogP contribution in [-0.4, -0.2) is 0 Å². The molecule has 1 radical (unpaired) electrons. The Morgan fingerprint density at radius 1 is 0.846 bits per heavy atom. The number of rotatable bonds is 1. The molecule has 5 aliphatic carbocycles. The van der Waals surface area contributed by atoms with Gasteiger partial charge >= 0.3 is 26.2 Å². The maximum Gasteiger partial charge on any atom is 3.00 e. The van der Waals surface area contributed by atoms with Crippen molar-refractivity contribution in [2.24, 2.45) is 33.0 Å². The average Bonchev–Trinajstić information content (AvgIpc) is 3.50. The zero-order valence-corrected chi connectivity index (χ0v) is 29.1. The number of allylic oxidation sites excluding steroid dienone is 10. The minimum atomic E-state index is 0. The van der Waals surface area contributed by atoms with E-state index in [0.29, 0.717) is 5.92 Å². The van der Waals surface area contributed by atoms with Crippen LogP contribution >= 0.6 is 0 Å². The first-order chi connectivity index (χ1) is 16.9. The van der Waals surface area contributed by atoms with E-state index in [1.165, 1.54) is 24.0 Å². The fourth-order valence-corrected chi connectivity index (χ4v) is 8.93. The molecular formula is C36H45Cl2Zr. The maximum atomic E-state index is 3.00. The summed E-state index contributed by atoms with van der Waals surface area (Å²) in [6.07, 6.45) is 17.8. The minimum Gasteiger partial charge on any atom is -1.00 e. The molecule has 1 aromatic rings. The van der Waals surface area contributed by atoms with Gasteiger partial charge in [0, 0.05) is 0 Å². The molecule has 0 amide bonds. The van der Waals surface area contributed by atoms with Crippen LogP contribution in [0.1, 0.15) is 79.4 Å². The Morgan fingerprint density at radius 2 is 1.44 bits per heavy atom. The Bertz CT molecular complexity index is 1260. The molecule has 1 aromatic carbocycles. The first-order valence-electron chi connectivity index (χ1n) is 13.9. The van der Waals surface area contributed by atoms with Crippen LogP contribution in [-0.2, 0) is 32.6 Å². The summed E-state index contributed by atoms with van der Waals surface area (Å²) in [4.78, 5) is 0. The summed E-state index contributed by atoms with van der Waals surface area (Å²) in [5.74, 6) is 2.07. The van der Waals surface area contributed by atoms with Gasteiger partial charge in [-0.3, -0.25) is 0 Å². The normalized spacial score (nSPS) is 30.0. The first kappa shape index (κ1) is 34.2. The van der Waals surface area contributed by atoms with Gasteiger partial charge in [0.2, 0.25) is 0 Å². The second-order valence-electron chi connectivity index (χ2n) is 13.5. The van der Waals surface area contributed by atoms with Crippen LogP contribution in [0.3, 0.4) is 0 Å². The van der Waals surface area contributed by atoms with Gasteiger partial charge in [0.1, 0.15) is 0 Å². The first-order valence-corrected chi connectivity index (χ1v) is 13.9. The van der Waals surface area contributed by atoms with E-state index in [-0.39, 0.29) is 78.1 Å². The fourth-order valence-electron chi connectivity index (χ4n) is 8.93. The molecule has 2 atom stereocenters. The monoisotopic (exact) mass is 637 g/mol. The molecule has 0 aliphatic heterocycles. The molecule has 0 N–H and O–H groups in total. The van der Waals surface area contributed by atoms with Crippen molar-refractivity contribution >= 4 is 5.57 Å². The van der Waals surface area contributed by atoms with Gasteiger partial charge in [-0.1, -0.05) is 145 Å². The summed E-state index contributed by atoms with van der Waals surface area (Å²) in [6, 6.07) is 9.22. The summed E-state index contributed by atoms with van der Waals surface area (Å²) >= 11 is 0. The van der Waals surface area contributed by atoms with Crippen molar-refractivity contribution in [3.05, 3.63) is 108 Å². The van der Waals surface area contributed by atoms with Gasteiger partial charge in [-0.2, -0.15) is 17.1 Å². The summed E-state index contributed by atoms with van der Waals surface area (Å²) in [6.45, 7) is 26.7. The van der Waals surface area contributed by atoms with Crippen LogP contribution < -0.4 is 24.8 Å². The predicted molar refractivity (Wildman–Crippen MR) is 156 cm³/mol. The van der Waals surface area contributed by atoms with Gasteiger partial charge in [-0.25, -0.2) is 0 Å². The van der Waals surface area contributed by atoms with Gasteiger partial charge in [0.15, 0.2) is 0 Å². The van der Waals surface area contributed by atoms with Crippen LogP contribution in [0.4, 0.5) is 0 Å². The molecule has 6 rings (SSSR count). The molecule has 0 bridgehead atoms. The van der Waals surface area contributed by atoms with Crippen molar-refractivity contribution in [1.29, 1.82) is 0 Å². The van der Waals surface area contributed by atoms with Crippen LogP contribution in [0.15, 0.2) is 90.6 Å². The zero-order valence-electron chi connectivity index (χ0n) is 25.1. The topological polar surface area (TPSA) is 0 Å². The Balaban J connectivity index is 0.00000104. The van der Waals surface area contributed by atoms with Gasteiger partial charge in [-0.05, 0) is 46.0 Å². The van der Waals surface area contributed by atoms with Crippen LogP contribution in [0.5, 0.6) is 0 Å². The van der Waals surface area contributed by atoms with E-state index >= 15 is 0 Å². The Labute approximate surface area is 270 Å². The molecule has 1 fully saturated rings. The zero-order chi connectivity index (χ0) is 26.3. The molecule has 39 heavy (non-hydrogen) atoms. The van der Waals surface area contributed by atoms with E-state index < -0.39 is 0 Å². The Morgan fingerprint density at radius 3 is 2.05 bits per heavy atom. The van der Waals surface area contributed by atoms with Gasteiger partial charge in [0.05, 0.1) is 0 Å². The molecule has 3 heteroatoms. The van der Waals surface area contributed by atoms with Crippen molar-refractivity contribution in [3.8, 4) is 0 Å². The molecule has 0 heterocycles. The largest absolute Gasteiger partial charge is 3.00 e. The maximum absolute atomic E-state index is 3.00. The average molecular weight is 640 g/mol. The van der Waals surface area contributed by atoms with Crippen LogP contribution in [0.25, 0.3) is 5.57 Å². The molecule has 2 unspecified atom stereocenters. The Kier molecular flexibility index (Phi) is 9.65. The van der Waals surface area contributed by atoms with E-state index in [1.807, 2.05) is 0 Å². The smallest absolute Gasteiger partial charge is 1.00 e. The van der Waals surface area contributed by atoms with Crippen LogP contribution in [0.2, 0.25) is 0 Å². The third kappa shape index (κ3) is 3.96. The van der Waals surface area contributed by atoms with E-state index in [0.717, 1.165) is 6.42 Å². The van der Waals surface area contributed by atoms with E-state index in [1.54, 1.807) is 28.2 Å². The van der Waals surface area contributed by atoms with Gasteiger partial charge < -0.3 is 24.8 Å². The predicted octanol–water partition coefficient (Wildman–Crippen LogP) is 3.89. The molecule has 1 saturated carbocycles. The molecule has 0 aromatic heterocycles. The second-order valence-corrected chi connectivity index (χ2v) is 13.5. The fraction of sp³-hybridized carbons (Fsp3) is 0.472. The quantitative estimate of drug-likeness (QED) is 0.324. The van der Waals surface area contributed by atoms with E-state index in [9.17, 15) is 0 Å². The standard InChI is InChI=1S/C34H41.C2H4.2ClH.Zr/c1-30(2)28(22-15-9-10-16-22)29-25-21-23-17-11-12-18-24(23)27(25)26-19-13-14-20-33(26,7)34(29,8)32(5,6)31(30,3)4;1-2;;;/h9-13,15-19,22H,14,20-21H2,1-8H3;1-2H2;2*1H;/q-1;;;;+3/p-2. The summed E-state index contributed by atoms with van der Waals surface area (Å²) in [5.41, 5.74) is 9.93. The third-order valence-electron chi connectivity index (χ3n) is 12.2. The van der Waals surface area contributed by atoms with Crippen LogP contribution in [0, 0.1) is 38.9 Å². The summed E-state index contributed by atoms with van der Waals surface area (Å²) in [7, 11) is 0. The number of halogens is 2. The van der Waals surface area contributed by atoms with Crippen molar-refractivity contribution in [3.63, 3.8) is 0 Å². The second kappa shape index (κ2) is 11.0. The summed E-state index contributed by atoms with van der Waals surface area (Å²) < 4.78 is 0. The van der Waals surface area contributed by atoms with Crippen molar-refractivity contribution in [1.82, 2.24) is 0 Å². The van der Waals surface area contributed by atoms with Crippen molar-refractivity contribution < 1.29 is 51.0 Å². The van der Waals surface area contributed by atoms with E-state index in [4.69, 9.17) is 0 Å². The minimum absolute atomic E-state index is 0. The SMILES string of the molecule is C=C.CC12CCC=CC1=C1C(=C3[C-](C4C=CC=C4)C(C)(C)C(C)(C)C(C)(C)C32C)Cc2ccccc21.[Cl-].[Cl-].[Zr+3]. The van der Waals surface area contributed by atoms with Gasteiger partial charge in [0.25, 0.3) is 0 Å². The number of hydrogen-bond acceptors (Lipinski definition) is 0. The molecule has 0 nitrogen and oxygen atoms in total. The molecule has 0 saturated heterocycles. The number of fused-ring (bicyclic) bond motifs is 6. The molecular weight excluding hydrogens is 595 g/mol.